The standard InChI is InChI=1S/C16H19FN6O8/c1-6(24)30-12-11(17)8(3-10(26)29-2)31-14(12)23-13-7(4-19-15(18)20-13)22(16(23)27)5-9(25)21-28/h4,8,11-12,14,28H,3,5H2,1-2H3,(H,21,25)(H2,18,19,20)/t8-,11-,12-,14-/m1/s1. The predicted octanol–water partition coefficient (Wildman–Crippen LogP) is -1.59. The number of fused-ring (bicyclic) bond motifs is 1. The van der Waals surface area contributed by atoms with E-state index in [-0.39, 0.29) is 17.1 Å². The van der Waals surface area contributed by atoms with Crippen molar-refractivity contribution in [3.05, 3.63) is 16.7 Å². The van der Waals surface area contributed by atoms with Crippen molar-refractivity contribution < 1.29 is 38.2 Å². The van der Waals surface area contributed by atoms with Crippen LogP contribution in [0.5, 0.6) is 0 Å². The van der Waals surface area contributed by atoms with Crippen LogP contribution in [0, 0.1) is 0 Å². The van der Waals surface area contributed by atoms with Crippen molar-refractivity contribution in [2.75, 3.05) is 12.8 Å². The van der Waals surface area contributed by atoms with Gasteiger partial charge in [0.1, 0.15) is 18.2 Å². The third-order valence-corrected chi connectivity index (χ3v) is 4.57. The van der Waals surface area contributed by atoms with E-state index < -0.39 is 61.1 Å². The van der Waals surface area contributed by atoms with Crippen LogP contribution in [-0.2, 0) is 35.1 Å². The Hall–Kier alpha value is -3.59. The monoisotopic (exact) mass is 442 g/mol. The van der Waals surface area contributed by atoms with Crippen LogP contribution in [0.2, 0.25) is 0 Å². The Morgan fingerprint density at radius 3 is 2.74 bits per heavy atom. The molecule has 3 rings (SSSR count). The summed E-state index contributed by atoms with van der Waals surface area (Å²) in [5.74, 6) is -2.81. The molecule has 15 heteroatoms. The highest BCUT2D eigenvalue weighted by Crippen LogP contribution is 2.36. The minimum Gasteiger partial charge on any atom is -0.469 e. The number of alkyl halides is 1. The maximum Gasteiger partial charge on any atom is 0.333 e. The van der Waals surface area contributed by atoms with E-state index in [0.717, 1.165) is 29.4 Å². The number of ether oxygens (including phenoxy) is 3. The first-order chi connectivity index (χ1) is 14.7. The van der Waals surface area contributed by atoms with Crippen LogP contribution in [-0.4, -0.2) is 67.6 Å². The van der Waals surface area contributed by atoms with Crippen LogP contribution in [0.1, 0.15) is 19.6 Å². The first-order valence-corrected chi connectivity index (χ1v) is 8.87. The summed E-state index contributed by atoms with van der Waals surface area (Å²) in [7, 11) is 1.11. The molecule has 1 saturated heterocycles. The lowest BCUT2D eigenvalue weighted by atomic mass is 10.1. The van der Waals surface area contributed by atoms with Gasteiger partial charge >= 0.3 is 17.6 Å². The number of hydrogen-bond acceptors (Lipinski definition) is 11. The average Bonchev–Trinajstić information content (AvgIpc) is 3.15. The number of methoxy groups -OCH3 is 1. The summed E-state index contributed by atoms with van der Waals surface area (Å²) in [6, 6.07) is 0. The molecule has 168 valence electrons. The van der Waals surface area contributed by atoms with Crippen LogP contribution in [0.3, 0.4) is 0 Å². The van der Waals surface area contributed by atoms with E-state index in [1.54, 1.807) is 0 Å². The molecule has 0 bridgehead atoms. The number of anilines is 1. The zero-order chi connectivity index (χ0) is 22.9. The highest BCUT2D eigenvalue weighted by Gasteiger charge is 2.50. The number of esters is 2. The zero-order valence-corrected chi connectivity index (χ0v) is 16.4. The summed E-state index contributed by atoms with van der Waals surface area (Å²) < 4.78 is 31.9. The van der Waals surface area contributed by atoms with Gasteiger partial charge in [-0.3, -0.25) is 24.2 Å². The summed E-state index contributed by atoms with van der Waals surface area (Å²) >= 11 is 0. The van der Waals surface area contributed by atoms with Gasteiger partial charge in [-0.05, 0) is 0 Å². The molecule has 1 aliphatic rings. The fourth-order valence-corrected chi connectivity index (χ4v) is 3.26. The van der Waals surface area contributed by atoms with Crippen molar-refractivity contribution >= 4 is 35.0 Å². The molecule has 0 unspecified atom stereocenters. The van der Waals surface area contributed by atoms with Gasteiger partial charge in [0.05, 0.1) is 19.7 Å². The first kappa shape index (κ1) is 22.1. The Kier molecular flexibility index (Phi) is 6.16. The third kappa shape index (κ3) is 4.17. The molecule has 31 heavy (non-hydrogen) atoms. The highest BCUT2D eigenvalue weighted by atomic mass is 19.1. The largest absolute Gasteiger partial charge is 0.469 e. The number of nitrogen functional groups attached to an aromatic ring is 1. The summed E-state index contributed by atoms with van der Waals surface area (Å²) in [5.41, 5.74) is 5.95. The number of rotatable bonds is 6. The second kappa shape index (κ2) is 8.65. The van der Waals surface area contributed by atoms with Crippen LogP contribution < -0.4 is 16.9 Å². The SMILES string of the molecule is COC(=O)C[C@H]1O[C@@H](n2c(=O)n(CC(=O)NO)c3cnc(N)nc32)[C@H](OC(C)=O)[C@@H]1F. The minimum atomic E-state index is -1.99. The molecule has 2 aromatic heterocycles. The van der Waals surface area contributed by atoms with Gasteiger partial charge in [-0.2, -0.15) is 4.98 Å². The molecule has 14 nitrogen and oxygen atoms in total. The minimum absolute atomic E-state index is 0.0137. The maximum absolute atomic E-state index is 15.0. The average molecular weight is 442 g/mol. The smallest absolute Gasteiger partial charge is 0.333 e. The van der Waals surface area contributed by atoms with Gasteiger partial charge in [-0.25, -0.2) is 24.2 Å². The second-order valence-corrected chi connectivity index (χ2v) is 6.57. The number of hydroxylamine groups is 1. The van der Waals surface area contributed by atoms with Crippen LogP contribution in [0.15, 0.2) is 11.0 Å². The van der Waals surface area contributed by atoms with Gasteiger partial charge in [-0.1, -0.05) is 0 Å². The number of nitrogens with zero attached hydrogens (tertiary/aromatic N) is 4. The molecule has 0 radical (unpaired) electrons. The van der Waals surface area contributed by atoms with Gasteiger partial charge in [0.25, 0.3) is 5.91 Å². The molecule has 1 amide bonds. The molecular formula is C16H19FN6O8. The summed E-state index contributed by atoms with van der Waals surface area (Å²) in [6.45, 7) is 0.400. The Morgan fingerprint density at radius 2 is 2.13 bits per heavy atom. The van der Waals surface area contributed by atoms with Gasteiger partial charge in [-0.15, -0.1) is 0 Å². The number of halogens is 1. The fraction of sp³-hybridized carbons (Fsp3) is 0.500. The van der Waals surface area contributed by atoms with E-state index >= 15 is 4.39 Å². The van der Waals surface area contributed by atoms with E-state index in [1.807, 2.05) is 0 Å². The number of carbonyl (C=O) groups is 3. The lowest BCUT2D eigenvalue weighted by molar-refractivity contribution is -0.154. The van der Waals surface area contributed by atoms with E-state index in [1.165, 1.54) is 5.48 Å². The van der Waals surface area contributed by atoms with Crippen molar-refractivity contribution in [3.8, 4) is 0 Å². The molecule has 0 saturated carbocycles. The lowest BCUT2D eigenvalue weighted by Crippen LogP contribution is -2.38. The second-order valence-electron chi connectivity index (χ2n) is 6.57. The van der Waals surface area contributed by atoms with Crippen molar-refractivity contribution in [1.29, 1.82) is 0 Å². The number of hydrogen-bond donors (Lipinski definition) is 3. The number of aromatic nitrogens is 4. The molecule has 0 spiro atoms. The summed E-state index contributed by atoms with van der Waals surface area (Å²) in [5, 5.41) is 8.79. The first-order valence-electron chi connectivity index (χ1n) is 8.87. The molecule has 4 N–H and O–H groups in total. The van der Waals surface area contributed by atoms with Crippen LogP contribution >= 0.6 is 0 Å². The molecule has 2 aromatic rings. The number of carbonyl (C=O) groups excluding carboxylic acids is 3. The Balaban J connectivity index is 2.15. The van der Waals surface area contributed by atoms with Gasteiger partial charge in [0.2, 0.25) is 5.95 Å². The lowest BCUT2D eigenvalue weighted by Gasteiger charge is -2.19. The van der Waals surface area contributed by atoms with Crippen molar-refractivity contribution in [2.24, 2.45) is 0 Å². The molecular weight excluding hydrogens is 423 g/mol. The number of imidazole rings is 1. The topological polar surface area (TPSA) is 190 Å². The summed E-state index contributed by atoms with van der Waals surface area (Å²) in [6.07, 6.45) is -5.91. The molecule has 3 heterocycles. The third-order valence-electron chi connectivity index (χ3n) is 4.57. The summed E-state index contributed by atoms with van der Waals surface area (Å²) in [4.78, 5) is 55.6. The molecule has 4 atom stereocenters. The van der Waals surface area contributed by atoms with Crippen LogP contribution in [0.25, 0.3) is 11.2 Å². The molecule has 1 aliphatic heterocycles. The van der Waals surface area contributed by atoms with Gasteiger partial charge in [0.15, 0.2) is 24.2 Å². The predicted molar refractivity (Wildman–Crippen MR) is 97.1 cm³/mol. The quantitative estimate of drug-likeness (QED) is 0.266. The van der Waals surface area contributed by atoms with Crippen molar-refractivity contribution in [1.82, 2.24) is 24.6 Å². The number of nitrogens with two attached hydrogens (primary N) is 1. The van der Waals surface area contributed by atoms with E-state index in [2.05, 4.69) is 14.7 Å². The highest BCUT2D eigenvalue weighted by molar-refractivity contribution is 5.78. The van der Waals surface area contributed by atoms with E-state index in [9.17, 15) is 19.2 Å². The molecule has 0 aromatic carbocycles. The normalized spacial score (nSPS) is 23.0. The van der Waals surface area contributed by atoms with Crippen LogP contribution in [0.4, 0.5) is 10.3 Å². The molecule has 0 aliphatic carbocycles. The zero-order valence-electron chi connectivity index (χ0n) is 16.4. The maximum atomic E-state index is 15.0. The van der Waals surface area contributed by atoms with Gasteiger partial charge < -0.3 is 19.9 Å². The van der Waals surface area contributed by atoms with Gasteiger partial charge in [0, 0.05) is 6.92 Å². The Morgan fingerprint density at radius 1 is 1.42 bits per heavy atom. The fourth-order valence-electron chi connectivity index (χ4n) is 3.26. The van der Waals surface area contributed by atoms with E-state index in [0.29, 0.717) is 0 Å². The van der Waals surface area contributed by atoms with E-state index in [4.69, 9.17) is 20.4 Å². The Labute approximate surface area is 172 Å². The Bertz CT molecular complexity index is 1080. The number of nitrogens with one attached hydrogen (secondary N) is 1. The number of amides is 1. The molecule has 1 fully saturated rings. The van der Waals surface area contributed by atoms with Crippen molar-refractivity contribution in [2.45, 2.75) is 44.5 Å². The van der Waals surface area contributed by atoms with Crippen molar-refractivity contribution in [3.63, 3.8) is 0 Å².